The SMILES string of the molecule is O=S(=O)(Nc1ncnc(OCCO)c1-c1ccc2c(c1)OCO2)C1CC1. The van der Waals surface area contributed by atoms with Gasteiger partial charge in [-0.25, -0.2) is 18.4 Å². The number of fused-ring (bicyclic) bond motifs is 1. The zero-order chi connectivity index (χ0) is 18.1. The minimum Gasteiger partial charge on any atom is -0.475 e. The number of anilines is 1. The normalized spacial score (nSPS) is 15.7. The monoisotopic (exact) mass is 379 g/mol. The van der Waals surface area contributed by atoms with Crippen LogP contribution in [-0.2, 0) is 10.0 Å². The molecule has 1 aliphatic heterocycles. The Hall–Kier alpha value is -2.59. The van der Waals surface area contributed by atoms with E-state index in [9.17, 15) is 8.42 Å². The van der Waals surface area contributed by atoms with Crippen molar-refractivity contribution >= 4 is 15.8 Å². The van der Waals surface area contributed by atoms with E-state index in [1.54, 1.807) is 18.2 Å². The predicted octanol–water partition coefficient (Wildman–Crippen LogP) is 1.15. The van der Waals surface area contributed by atoms with Crippen molar-refractivity contribution in [1.29, 1.82) is 0 Å². The van der Waals surface area contributed by atoms with Crippen molar-refractivity contribution in [1.82, 2.24) is 9.97 Å². The maximum atomic E-state index is 12.4. The van der Waals surface area contributed by atoms with Gasteiger partial charge in [0.05, 0.1) is 17.4 Å². The minimum atomic E-state index is -3.52. The van der Waals surface area contributed by atoms with Gasteiger partial charge in [-0.05, 0) is 30.5 Å². The van der Waals surface area contributed by atoms with Crippen LogP contribution in [0, 0.1) is 0 Å². The minimum absolute atomic E-state index is 0.0172. The number of hydrogen-bond acceptors (Lipinski definition) is 8. The van der Waals surface area contributed by atoms with Gasteiger partial charge in [0.1, 0.15) is 12.9 Å². The first-order valence-corrected chi connectivity index (χ1v) is 9.63. The summed E-state index contributed by atoms with van der Waals surface area (Å²) in [5, 5.41) is 8.64. The van der Waals surface area contributed by atoms with Crippen LogP contribution >= 0.6 is 0 Å². The van der Waals surface area contributed by atoms with E-state index < -0.39 is 15.3 Å². The first-order chi connectivity index (χ1) is 12.6. The summed E-state index contributed by atoms with van der Waals surface area (Å²) in [7, 11) is -3.52. The number of hydrogen-bond donors (Lipinski definition) is 2. The van der Waals surface area contributed by atoms with Crippen LogP contribution in [0.25, 0.3) is 11.1 Å². The number of ether oxygens (including phenoxy) is 3. The lowest BCUT2D eigenvalue weighted by atomic mass is 10.1. The van der Waals surface area contributed by atoms with Crippen LogP contribution in [-0.4, -0.2) is 48.7 Å². The van der Waals surface area contributed by atoms with Gasteiger partial charge in [-0.2, -0.15) is 0 Å². The molecule has 1 aromatic carbocycles. The summed E-state index contributed by atoms with van der Waals surface area (Å²) in [6.45, 7) is -0.0593. The second-order valence-corrected chi connectivity index (χ2v) is 7.85. The van der Waals surface area contributed by atoms with Crippen molar-refractivity contribution < 1.29 is 27.7 Å². The van der Waals surface area contributed by atoms with Gasteiger partial charge in [-0.3, -0.25) is 4.72 Å². The van der Waals surface area contributed by atoms with Crippen molar-refractivity contribution in [3.8, 4) is 28.5 Å². The third-order valence-corrected chi connectivity index (χ3v) is 5.83. The smallest absolute Gasteiger partial charge is 0.236 e. The highest BCUT2D eigenvalue weighted by atomic mass is 32.2. The lowest BCUT2D eigenvalue weighted by Crippen LogP contribution is -2.19. The molecule has 9 nitrogen and oxygen atoms in total. The highest BCUT2D eigenvalue weighted by molar-refractivity contribution is 7.93. The van der Waals surface area contributed by atoms with Gasteiger partial charge < -0.3 is 19.3 Å². The fourth-order valence-corrected chi connectivity index (χ4v) is 3.95. The molecule has 26 heavy (non-hydrogen) atoms. The van der Waals surface area contributed by atoms with Gasteiger partial charge in [0.25, 0.3) is 0 Å². The number of rotatable bonds is 7. The van der Waals surface area contributed by atoms with E-state index in [2.05, 4.69) is 14.7 Å². The Bertz CT molecular complexity index is 930. The van der Waals surface area contributed by atoms with Crippen LogP contribution < -0.4 is 18.9 Å². The Morgan fingerprint density at radius 1 is 1.23 bits per heavy atom. The summed E-state index contributed by atoms with van der Waals surface area (Å²) in [4.78, 5) is 8.18. The Balaban J connectivity index is 1.78. The summed E-state index contributed by atoms with van der Waals surface area (Å²) in [5.41, 5.74) is 0.986. The van der Waals surface area contributed by atoms with E-state index in [0.717, 1.165) is 0 Å². The molecular formula is C16H17N3O6S. The first-order valence-electron chi connectivity index (χ1n) is 8.09. The number of nitrogens with one attached hydrogen (secondary N) is 1. The molecule has 2 aromatic rings. The molecule has 1 fully saturated rings. The molecule has 2 N–H and O–H groups in total. The Morgan fingerprint density at radius 2 is 2.04 bits per heavy atom. The summed E-state index contributed by atoms with van der Waals surface area (Å²) in [6.07, 6.45) is 2.48. The van der Waals surface area contributed by atoms with E-state index in [-0.39, 0.29) is 31.7 Å². The van der Waals surface area contributed by atoms with Gasteiger partial charge in [-0.15, -0.1) is 0 Å². The largest absolute Gasteiger partial charge is 0.475 e. The van der Waals surface area contributed by atoms with Crippen LogP contribution in [0.5, 0.6) is 17.4 Å². The first kappa shape index (κ1) is 16.9. The average Bonchev–Trinajstić information content (AvgIpc) is 3.39. The molecule has 0 atom stereocenters. The molecular weight excluding hydrogens is 362 g/mol. The molecule has 2 aliphatic rings. The van der Waals surface area contributed by atoms with E-state index >= 15 is 0 Å². The maximum Gasteiger partial charge on any atom is 0.236 e. The number of aliphatic hydroxyl groups excluding tert-OH is 1. The summed E-state index contributed by atoms with van der Waals surface area (Å²) in [6, 6.07) is 5.17. The fourth-order valence-electron chi connectivity index (χ4n) is 2.61. The van der Waals surface area contributed by atoms with Crippen LogP contribution in [0.1, 0.15) is 12.8 Å². The average molecular weight is 379 g/mol. The fraction of sp³-hybridized carbons (Fsp3) is 0.375. The Kier molecular flexibility index (Phi) is 4.29. The van der Waals surface area contributed by atoms with E-state index in [0.29, 0.717) is 35.5 Å². The molecule has 138 valence electrons. The highest BCUT2D eigenvalue weighted by Crippen LogP contribution is 2.41. The quantitative estimate of drug-likeness (QED) is 0.735. The van der Waals surface area contributed by atoms with E-state index in [4.69, 9.17) is 19.3 Å². The lowest BCUT2D eigenvalue weighted by Gasteiger charge is -2.15. The topological polar surface area (TPSA) is 120 Å². The van der Waals surface area contributed by atoms with E-state index in [1.165, 1.54) is 6.33 Å². The number of sulfonamides is 1. The van der Waals surface area contributed by atoms with E-state index in [1.807, 2.05) is 0 Å². The van der Waals surface area contributed by atoms with Crippen molar-refractivity contribution in [3.63, 3.8) is 0 Å². The van der Waals surface area contributed by atoms with Gasteiger partial charge in [-0.1, -0.05) is 6.07 Å². The molecule has 0 amide bonds. The van der Waals surface area contributed by atoms with Crippen molar-refractivity contribution in [2.45, 2.75) is 18.1 Å². The van der Waals surface area contributed by atoms with Crippen LogP contribution in [0.3, 0.4) is 0 Å². The van der Waals surface area contributed by atoms with Gasteiger partial charge in [0, 0.05) is 0 Å². The molecule has 1 aliphatic carbocycles. The second kappa shape index (κ2) is 6.61. The van der Waals surface area contributed by atoms with Gasteiger partial charge in [0.15, 0.2) is 17.3 Å². The molecule has 2 heterocycles. The predicted molar refractivity (Wildman–Crippen MR) is 91.7 cm³/mol. The molecule has 1 saturated carbocycles. The molecule has 0 spiro atoms. The van der Waals surface area contributed by atoms with Crippen molar-refractivity contribution in [3.05, 3.63) is 24.5 Å². The third-order valence-electron chi connectivity index (χ3n) is 4.01. The van der Waals surface area contributed by atoms with Crippen molar-refractivity contribution in [2.24, 2.45) is 0 Å². The van der Waals surface area contributed by atoms with Gasteiger partial charge in [0.2, 0.25) is 22.7 Å². The van der Waals surface area contributed by atoms with Crippen LogP contribution in [0.2, 0.25) is 0 Å². The molecule has 4 rings (SSSR count). The lowest BCUT2D eigenvalue weighted by molar-refractivity contribution is 0.174. The Labute approximate surface area is 150 Å². The summed E-state index contributed by atoms with van der Waals surface area (Å²) >= 11 is 0. The molecule has 0 unspecified atom stereocenters. The standard InChI is InChI=1S/C16H17N3O6S/c20-5-6-23-16-14(10-1-4-12-13(7-10)25-9-24-12)15(17-8-18-16)19-26(21,22)11-2-3-11/h1,4,7-8,11,20H,2-3,5-6,9H2,(H,17,18,19). The summed E-state index contributed by atoms with van der Waals surface area (Å²) in [5.74, 6) is 1.43. The molecule has 10 heteroatoms. The van der Waals surface area contributed by atoms with Gasteiger partial charge >= 0.3 is 0 Å². The zero-order valence-electron chi connectivity index (χ0n) is 13.7. The number of aromatic nitrogens is 2. The number of aliphatic hydroxyl groups is 1. The Morgan fingerprint density at radius 3 is 2.81 bits per heavy atom. The molecule has 0 bridgehead atoms. The molecule has 1 aromatic heterocycles. The van der Waals surface area contributed by atoms with Crippen molar-refractivity contribution in [2.75, 3.05) is 24.7 Å². The maximum absolute atomic E-state index is 12.4. The van der Waals surface area contributed by atoms with Crippen LogP contribution in [0.4, 0.5) is 5.82 Å². The molecule has 0 saturated heterocycles. The third kappa shape index (κ3) is 3.25. The van der Waals surface area contributed by atoms with Crippen LogP contribution in [0.15, 0.2) is 24.5 Å². The second-order valence-electron chi connectivity index (χ2n) is 5.89. The summed E-state index contributed by atoms with van der Waals surface area (Å²) < 4.78 is 43.4. The molecule has 0 radical (unpaired) electrons. The number of benzene rings is 1. The number of nitrogens with zero attached hydrogens (tertiary/aromatic N) is 2. The zero-order valence-corrected chi connectivity index (χ0v) is 14.5. The highest BCUT2D eigenvalue weighted by Gasteiger charge is 2.37.